The van der Waals surface area contributed by atoms with Gasteiger partial charge in [-0.25, -0.2) is 0 Å². The molecule has 17 heavy (non-hydrogen) atoms. The molecule has 98 valence electrons. The fourth-order valence-corrected chi connectivity index (χ4v) is 2.60. The van der Waals surface area contributed by atoms with Crippen LogP contribution in [0.5, 0.6) is 0 Å². The van der Waals surface area contributed by atoms with Gasteiger partial charge >= 0.3 is 0 Å². The number of thiophene rings is 1. The van der Waals surface area contributed by atoms with E-state index in [4.69, 9.17) is 0 Å². The molecule has 0 saturated carbocycles. The molecule has 0 unspecified atom stereocenters. The Kier molecular flexibility index (Phi) is 7.49. The van der Waals surface area contributed by atoms with Crippen LogP contribution in [0.25, 0.3) is 0 Å². The zero-order chi connectivity index (χ0) is 12.5. The average molecular weight is 254 g/mol. The summed E-state index contributed by atoms with van der Waals surface area (Å²) in [5.41, 5.74) is 0. The summed E-state index contributed by atoms with van der Waals surface area (Å²) < 4.78 is 0. The molecule has 0 saturated heterocycles. The van der Waals surface area contributed by atoms with Crippen molar-refractivity contribution in [2.75, 3.05) is 26.7 Å². The first-order valence-corrected chi connectivity index (χ1v) is 7.58. The third-order valence-electron chi connectivity index (χ3n) is 3.23. The van der Waals surface area contributed by atoms with Crippen molar-refractivity contribution in [3.05, 3.63) is 22.4 Å². The van der Waals surface area contributed by atoms with Crippen molar-refractivity contribution in [1.29, 1.82) is 0 Å². The van der Waals surface area contributed by atoms with Crippen molar-refractivity contribution < 1.29 is 0 Å². The van der Waals surface area contributed by atoms with E-state index in [1.165, 1.54) is 24.1 Å². The topological polar surface area (TPSA) is 15.3 Å². The Morgan fingerprint density at radius 2 is 2.06 bits per heavy atom. The standard InChI is InChI=1S/C14H26N2S/c1-4-13(5-2)15-9-11-16(3)10-8-14-7-6-12-17-14/h6-7,12-13,15H,4-5,8-11H2,1-3H3. The molecule has 0 spiro atoms. The lowest BCUT2D eigenvalue weighted by Gasteiger charge is -2.19. The predicted molar refractivity (Wildman–Crippen MR) is 77.9 cm³/mol. The second kappa shape index (κ2) is 8.67. The van der Waals surface area contributed by atoms with Crippen LogP contribution in [0.1, 0.15) is 31.6 Å². The van der Waals surface area contributed by atoms with E-state index in [0.29, 0.717) is 6.04 Å². The molecule has 1 aromatic rings. The monoisotopic (exact) mass is 254 g/mol. The highest BCUT2D eigenvalue weighted by atomic mass is 32.1. The maximum absolute atomic E-state index is 3.60. The molecule has 1 rings (SSSR count). The van der Waals surface area contributed by atoms with E-state index in [-0.39, 0.29) is 0 Å². The fraction of sp³-hybridized carbons (Fsp3) is 0.714. The third kappa shape index (κ3) is 6.20. The molecule has 2 nitrogen and oxygen atoms in total. The minimum Gasteiger partial charge on any atom is -0.313 e. The van der Waals surface area contributed by atoms with Crippen LogP contribution in [-0.2, 0) is 6.42 Å². The summed E-state index contributed by atoms with van der Waals surface area (Å²) in [4.78, 5) is 3.90. The Morgan fingerprint density at radius 3 is 2.65 bits per heavy atom. The van der Waals surface area contributed by atoms with Gasteiger partial charge in [-0.1, -0.05) is 19.9 Å². The summed E-state index contributed by atoms with van der Waals surface area (Å²) in [5, 5.41) is 5.76. The first-order chi connectivity index (χ1) is 8.26. The van der Waals surface area contributed by atoms with Crippen LogP contribution >= 0.6 is 11.3 Å². The van der Waals surface area contributed by atoms with Gasteiger partial charge in [0.05, 0.1) is 0 Å². The molecular formula is C14H26N2S. The molecule has 0 bridgehead atoms. The van der Waals surface area contributed by atoms with Crippen molar-refractivity contribution in [2.45, 2.75) is 39.2 Å². The van der Waals surface area contributed by atoms with Gasteiger partial charge in [0, 0.05) is 30.6 Å². The van der Waals surface area contributed by atoms with Crippen LogP contribution in [0, 0.1) is 0 Å². The zero-order valence-electron chi connectivity index (χ0n) is 11.4. The largest absolute Gasteiger partial charge is 0.313 e. The summed E-state index contributed by atoms with van der Waals surface area (Å²) in [6.07, 6.45) is 3.64. The van der Waals surface area contributed by atoms with Crippen molar-refractivity contribution in [2.24, 2.45) is 0 Å². The number of nitrogens with one attached hydrogen (secondary N) is 1. The Labute approximate surface area is 110 Å². The van der Waals surface area contributed by atoms with E-state index >= 15 is 0 Å². The SMILES string of the molecule is CCC(CC)NCCN(C)CCc1cccs1. The fourth-order valence-electron chi connectivity index (χ4n) is 1.90. The van der Waals surface area contributed by atoms with Crippen molar-refractivity contribution in [1.82, 2.24) is 10.2 Å². The molecule has 0 amide bonds. The third-order valence-corrected chi connectivity index (χ3v) is 4.17. The molecule has 1 heterocycles. The van der Waals surface area contributed by atoms with Crippen LogP contribution in [-0.4, -0.2) is 37.6 Å². The highest BCUT2D eigenvalue weighted by molar-refractivity contribution is 7.09. The lowest BCUT2D eigenvalue weighted by molar-refractivity contribution is 0.325. The summed E-state index contributed by atoms with van der Waals surface area (Å²) in [6, 6.07) is 5.05. The van der Waals surface area contributed by atoms with E-state index in [1.807, 2.05) is 11.3 Å². The van der Waals surface area contributed by atoms with Crippen molar-refractivity contribution >= 4 is 11.3 Å². The molecule has 0 radical (unpaired) electrons. The summed E-state index contributed by atoms with van der Waals surface area (Å²) in [7, 11) is 2.21. The lowest BCUT2D eigenvalue weighted by atomic mass is 10.2. The second-order valence-electron chi connectivity index (χ2n) is 4.60. The Bertz CT molecular complexity index is 268. The van der Waals surface area contributed by atoms with Crippen LogP contribution in [0.4, 0.5) is 0 Å². The van der Waals surface area contributed by atoms with Gasteiger partial charge in [0.25, 0.3) is 0 Å². The zero-order valence-corrected chi connectivity index (χ0v) is 12.2. The van der Waals surface area contributed by atoms with Crippen LogP contribution < -0.4 is 5.32 Å². The predicted octanol–water partition coefficient (Wildman–Crippen LogP) is 3.00. The number of likely N-dealkylation sites (N-methyl/N-ethyl adjacent to an activating group) is 1. The van der Waals surface area contributed by atoms with Crippen LogP contribution in [0.2, 0.25) is 0 Å². The molecule has 0 aromatic carbocycles. The average Bonchev–Trinajstić information content (AvgIpc) is 2.85. The molecule has 1 N–H and O–H groups in total. The number of rotatable bonds is 9. The van der Waals surface area contributed by atoms with E-state index in [9.17, 15) is 0 Å². The minimum atomic E-state index is 0.695. The smallest absolute Gasteiger partial charge is 0.0104 e. The molecule has 0 fully saturated rings. The van der Waals surface area contributed by atoms with Gasteiger partial charge in [-0.15, -0.1) is 11.3 Å². The van der Waals surface area contributed by atoms with Gasteiger partial charge in [-0.3, -0.25) is 0 Å². The molecule has 3 heteroatoms. The summed E-state index contributed by atoms with van der Waals surface area (Å²) in [5.74, 6) is 0. The number of hydrogen-bond acceptors (Lipinski definition) is 3. The summed E-state index contributed by atoms with van der Waals surface area (Å²) >= 11 is 1.86. The molecule has 0 aliphatic rings. The minimum absolute atomic E-state index is 0.695. The second-order valence-corrected chi connectivity index (χ2v) is 5.63. The van der Waals surface area contributed by atoms with Gasteiger partial charge in [0.1, 0.15) is 0 Å². The van der Waals surface area contributed by atoms with Gasteiger partial charge in [-0.05, 0) is 37.8 Å². The highest BCUT2D eigenvalue weighted by Gasteiger charge is 2.03. The molecular weight excluding hydrogens is 228 g/mol. The first-order valence-electron chi connectivity index (χ1n) is 6.70. The number of nitrogens with zero attached hydrogens (tertiary/aromatic N) is 1. The molecule has 0 atom stereocenters. The van der Waals surface area contributed by atoms with Crippen LogP contribution in [0.15, 0.2) is 17.5 Å². The Balaban J connectivity index is 2.06. The van der Waals surface area contributed by atoms with E-state index in [2.05, 4.69) is 48.6 Å². The first kappa shape index (κ1) is 14.7. The van der Waals surface area contributed by atoms with E-state index in [1.54, 1.807) is 0 Å². The molecule has 0 aliphatic heterocycles. The molecule has 0 aliphatic carbocycles. The quantitative estimate of drug-likeness (QED) is 0.729. The Hall–Kier alpha value is -0.380. The normalized spacial score (nSPS) is 11.6. The maximum Gasteiger partial charge on any atom is 0.0104 e. The van der Waals surface area contributed by atoms with Gasteiger partial charge in [-0.2, -0.15) is 0 Å². The Morgan fingerprint density at radius 1 is 1.29 bits per heavy atom. The lowest BCUT2D eigenvalue weighted by Crippen LogP contribution is -2.35. The van der Waals surface area contributed by atoms with E-state index < -0.39 is 0 Å². The van der Waals surface area contributed by atoms with Crippen LogP contribution in [0.3, 0.4) is 0 Å². The van der Waals surface area contributed by atoms with Gasteiger partial charge in [0.15, 0.2) is 0 Å². The van der Waals surface area contributed by atoms with E-state index in [0.717, 1.165) is 19.6 Å². The van der Waals surface area contributed by atoms with Crippen molar-refractivity contribution in [3.63, 3.8) is 0 Å². The maximum atomic E-state index is 3.60. The molecule has 1 aromatic heterocycles. The number of hydrogen-bond donors (Lipinski definition) is 1. The highest BCUT2D eigenvalue weighted by Crippen LogP contribution is 2.09. The van der Waals surface area contributed by atoms with Crippen molar-refractivity contribution in [3.8, 4) is 0 Å². The summed E-state index contributed by atoms with van der Waals surface area (Å²) in [6.45, 7) is 7.91. The van der Waals surface area contributed by atoms with Gasteiger partial charge < -0.3 is 10.2 Å². The van der Waals surface area contributed by atoms with Gasteiger partial charge in [0.2, 0.25) is 0 Å².